The van der Waals surface area contributed by atoms with Crippen molar-refractivity contribution in [2.45, 2.75) is 69.7 Å². The lowest BCUT2D eigenvalue weighted by molar-refractivity contribution is -0.165. The maximum Gasteiger partial charge on any atom is 0.251 e. The predicted octanol–water partition coefficient (Wildman–Crippen LogP) is 4.40. The molecule has 2 fully saturated rings. The SMILES string of the molecule is CCCCN1C(=O)[C@@H]([C@H](O)C2CC=CC2)NC(=O)C12CCN(Cc1ccc(Oc3ccc(C(=O)NCCN(C)C)cc3)cc1)CC2.Cl.Cl. The van der Waals surface area contributed by atoms with Crippen LogP contribution in [0.1, 0.15) is 61.4 Å². The third kappa shape index (κ3) is 9.30. The molecule has 2 aromatic rings. The minimum absolute atomic E-state index is 0. The first-order valence-corrected chi connectivity index (χ1v) is 16.7. The molecule has 1 spiro atoms. The number of piperidine rings is 1. The van der Waals surface area contributed by atoms with Gasteiger partial charge in [0, 0.05) is 44.8 Å². The molecule has 3 amide bonds. The highest BCUT2D eigenvalue weighted by Crippen LogP contribution is 2.36. The molecule has 0 saturated carbocycles. The van der Waals surface area contributed by atoms with E-state index in [0.717, 1.165) is 44.3 Å². The maximum absolute atomic E-state index is 13.8. The Labute approximate surface area is 297 Å². The second kappa shape index (κ2) is 18.0. The van der Waals surface area contributed by atoms with Gasteiger partial charge in [-0.3, -0.25) is 19.3 Å². The van der Waals surface area contributed by atoms with Crippen molar-refractivity contribution in [2.75, 3.05) is 46.8 Å². The molecule has 0 aromatic heterocycles. The van der Waals surface area contributed by atoms with Crippen LogP contribution in [0.4, 0.5) is 0 Å². The molecule has 2 atom stereocenters. The van der Waals surface area contributed by atoms with Crippen LogP contribution in [0, 0.1) is 5.92 Å². The van der Waals surface area contributed by atoms with Crippen LogP contribution < -0.4 is 15.4 Å². The van der Waals surface area contributed by atoms with E-state index in [1.807, 2.05) is 55.4 Å². The summed E-state index contributed by atoms with van der Waals surface area (Å²) in [7, 11) is 3.93. The Morgan fingerprint density at radius 2 is 1.62 bits per heavy atom. The van der Waals surface area contributed by atoms with E-state index in [4.69, 9.17) is 4.74 Å². The zero-order chi connectivity index (χ0) is 32.7. The van der Waals surface area contributed by atoms with Gasteiger partial charge in [-0.25, -0.2) is 0 Å². The van der Waals surface area contributed by atoms with Gasteiger partial charge in [0.25, 0.3) is 5.91 Å². The largest absolute Gasteiger partial charge is 0.457 e. The van der Waals surface area contributed by atoms with Gasteiger partial charge in [0.1, 0.15) is 23.1 Å². The zero-order valence-electron chi connectivity index (χ0n) is 28.2. The zero-order valence-corrected chi connectivity index (χ0v) is 29.9. The van der Waals surface area contributed by atoms with Crippen LogP contribution in [0.3, 0.4) is 0 Å². The predicted molar refractivity (Wildman–Crippen MR) is 192 cm³/mol. The molecule has 2 heterocycles. The van der Waals surface area contributed by atoms with E-state index in [-0.39, 0.29) is 48.5 Å². The van der Waals surface area contributed by atoms with Crippen LogP contribution in [0.15, 0.2) is 60.7 Å². The van der Waals surface area contributed by atoms with Crippen molar-refractivity contribution in [3.63, 3.8) is 0 Å². The lowest BCUT2D eigenvalue weighted by Gasteiger charge is -2.52. The number of nitrogens with zero attached hydrogens (tertiary/aromatic N) is 3. The van der Waals surface area contributed by atoms with Crippen molar-refractivity contribution in [1.29, 1.82) is 0 Å². The molecule has 10 nitrogen and oxygen atoms in total. The molecule has 1 aliphatic carbocycles. The number of aliphatic hydroxyl groups is 1. The van der Waals surface area contributed by atoms with E-state index >= 15 is 0 Å². The molecule has 264 valence electrons. The third-order valence-electron chi connectivity index (χ3n) is 9.57. The Balaban J connectivity index is 0.00000312. The number of benzene rings is 2. The van der Waals surface area contributed by atoms with E-state index in [9.17, 15) is 19.5 Å². The summed E-state index contributed by atoms with van der Waals surface area (Å²) in [4.78, 5) is 46.0. The van der Waals surface area contributed by atoms with E-state index in [1.165, 1.54) is 0 Å². The molecule has 5 rings (SSSR count). The normalized spacial score (nSPS) is 19.9. The summed E-state index contributed by atoms with van der Waals surface area (Å²) in [5, 5.41) is 16.9. The molecular formula is C36H51Cl2N5O5. The van der Waals surface area contributed by atoms with Crippen molar-refractivity contribution in [3.8, 4) is 11.5 Å². The Hall–Kier alpha value is -3.15. The summed E-state index contributed by atoms with van der Waals surface area (Å²) >= 11 is 0. The summed E-state index contributed by atoms with van der Waals surface area (Å²) in [5.74, 6) is 0.949. The average Bonchev–Trinajstić information content (AvgIpc) is 3.60. The first-order chi connectivity index (χ1) is 22.2. The first kappa shape index (κ1) is 39.3. The van der Waals surface area contributed by atoms with Crippen LogP contribution in [-0.2, 0) is 16.1 Å². The Kier molecular flexibility index (Phi) is 14.7. The van der Waals surface area contributed by atoms with Gasteiger partial charge in [-0.05, 0) is 94.1 Å². The van der Waals surface area contributed by atoms with Crippen LogP contribution in [0.5, 0.6) is 11.5 Å². The molecule has 3 N–H and O–H groups in total. The van der Waals surface area contributed by atoms with Gasteiger partial charge in [0.15, 0.2) is 0 Å². The number of likely N-dealkylation sites (tertiary alicyclic amines) is 1. The van der Waals surface area contributed by atoms with Gasteiger partial charge in [-0.15, -0.1) is 24.8 Å². The van der Waals surface area contributed by atoms with Crippen LogP contribution in [-0.4, -0.2) is 102 Å². The van der Waals surface area contributed by atoms with Crippen molar-refractivity contribution < 1.29 is 24.2 Å². The minimum atomic E-state index is -0.885. The quantitative estimate of drug-likeness (QED) is 0.265. The van der Waals surface area contributed by atoms with Gasteiger partial charge < -0.3 is 30.3 Å². The number of allylic oxidation sites excluding steroid dienone is 2. The van der Waals surface area contributed by atoms with E-state index < -0.39 is 17.7 Å². The number of unbranched alkanes of at least 4 members (excludes halogenated alkanes) is 1. The van der Waals surface area contributed by atoms with Gasteiger partial charge >= 0.3 is 0 Å². The fraction of sp³-hybridized carbons (Fsp3) is 0.528. The van der Waals surface area contributed by atoms with E-state index in [0.29, 0.717) is 56.1 Å². The number of halogens is 2. The second-order valence-electron chi connectivity index (χ2n) is 13.1. The summed E-state index contributed by atoms with van der Waals surface area (Å²) in [5.41, 5.74) is 0.855. The van der Waals surface area contributed by atoms with E-state index in [1.54, 1.807) is 29.2 Å². The molecule has 12 heteroatoms. The topological polar surface area (TPSA) is 114 Å². The van der Waals surface area contributed by atoms with E-state index in [2.05, 4.69) is 22.5 Å². The average molecular weight is 705 g/mol. The third-order valence-corrected chi connectivity index (χ3v) is 9.57. The van der Waals surface area contributed by atoms with Crippen LogP contribution in [0.25, 0.3) is 0 Å². The van der Waals surface area contributed by atoms with Crippen molar-refractivity contribution >= 4 is 42.5 Å². The monoisotopic (exact) mass is 703 g/mol. The van der Waals surface area contributed by atoms with Crippen molar-refractivity contribution in [1.82, 2.24) is 25.3 Å². The Morgan fingerprint density at radius 1 is 1.02 bits per heavy atom. The highest BCUT2D eigenvalue weighted by Gasteiger charge is 2.55. The fourth-order valence-electron chi connectivity index (χ4n) is 6.70. The molecule has 0 unspecified atom stereocenters. The molecular weight excluding hydrogens is 653 g/mol. The molecule has 2 aromatic carbocycles. The number of amides is 3. The van der Waals surface area contributed by atoms with Crippen LogP contribution >= 0.6 is 24.8 Å². The first-order valence-electron chi connectivity index (χ1n) is 16.7. The van der Waals surface area contributed by atoms with Crippen molar-refractivity contribution in [3.05, 3.63) is 71.8 Å². The fourth-order valence-corrected chi connectivity index (χ4v) is 6.70. The number of carbonyl (C=O) groups excluding carboxylic acids is 3. The molecule has 2 saturated heterocycles. The molecule has 0 radical (unpaired) electrons. The molecule has 48 heavy (non-hydrogen) atoms. The number of piperazine rings is 1. The minimum Gasteiger partial charge on any atom is -0.457 e. The molecule has 0 bridgehead atoms. The number of likely N-dealkylation sites (N-methyl/N-ethyl adjacent to an activating group) is 1. The lowest BCUT2D eigenvalue weighted by atomic mass is 9.79. The summed E-state index contributed by atoms with van der Waals surface area (Å²) in [6.07, 6.45) is 7.51. The van der Waals surface area contributed by atoms with Gasteiger partial charge in [0.2, 0.25) is 11.8 Å². The Morgan fingerprint density at radius 3 is 2.21 bits per heavy atom. The standard InChI is InChI=1S/C36H49N5O5.2ClH/c1-4-5-21-41-34(44)31(32(42)27-8-6-7-9-27)38-35(45)36(41)18-22-40(23-19-36)25-26-10-14-29(15-11-26)46-30-16-12-28(13-17-30)33(43)37-20-24-39(2)3;;/h6-7,10-17,27,31-32,42H,4-5,8-9,18-25H2,1-3H3,(H,37,43)(H,38,45);2*1H/t31-,32-;;/m1../s1. The van der Waals surface area contributed by atoms with Gasteiger partial charge in [-0.2, -0.15) is 0 Å². The smallest absolute Gasteiger partial charge is 0.251 e. The number of nitrogens with one attached hydrogen (secondary N) is 2. The number of rotatable bonds is 13. The summed E-state index contributed by atoms with van der Waals surface area (Å²) in [6.45, 7) is 6.10. The second-order valence-corrected chi connectivity index (χ2v) is 13.1. The number of ether oxygens (including phenoxy) is 1. The highest BCUT2D eigenvalue weighted by molar-refractivity contribution is 6.00. The van der Waals surface area contributed by atoms with Gasteiger partial charge in [-0.1, -0.05) is 37.6 Å². The number of carbonyl (C=O) groups is 3. The number of aliphatic hydroxyl groups excluding tert-OH is 1. The molecule has 2 aliphatic heterocycles. The number of hydrogen-bond acceptors (Lipinski definition) is 7. The van der Waals surface area contributed by atoms with Gasteiger partial charge in [0.05, 0.1) is 6.10 Å². The Bertz CT molecular complexity index is 1370. The summed E-state index contributed by atoms with van der Waals surface area (Å²) < 4.78 is 6.01. The van der Waals surface area contributed by atoms with Crippen LogP contribution in [0.2, 0.25) is 0 Å². The van der Waals surface area contributed by atoms with Crippen molar-refractivity contribution in [2.24, 2.45) is 5.92 Å². The maximum atomic E-state index is 13.8. The molecule has 3 aliphatic rings. The highest BCUT2D eigenvalue weighted by atomic mass is 35.5. The number of hydrogen-bond donors (Lipinski definition) is 3. The lowest BCUT2D eigenvalue weighted by Crippen LogP contribution is -2.75. The summed E-state index contributed by atoms with van der Waals surface area (Å²) in [6, 6.07) is 14.2.